The molecule has 2 aromatic heterocycles. The molecule has 2 aromatic carbocycles. The van der Waals surface area contributed by atoms with Crippen LogP contribution in [0, 0.1) is 13.8 Å². The highest BCUT2D eigenvalue weighted by atomic mass is 32.1. The normalized spacial score (nSPS) is 18.0. The quantitative estimate of drug-likeness (QED) is 0.282. The third-order valence-electron chi connectivity index (χ3n) is 7.07. The lowest BCUT2D eigenvalue weighted by molar-refractivity contribution is 0.0600. The van der Waals surface area contributed by atoms with Gasteiger partial charge >= 0.3 is 5.97 Å². The highest BCUT2D eigenvalue weighted by Crippen LogP contribution is 2.46. The first-order valence-corrected chi connectivity index (χ1v) is 12.7. The van der Waals surface area contributed by atoms with Gasteiger partial charge in [-0.25, -0.2) is 4.79 Å². The molecule has 0 spiro atoms. The molecule has 1 fully saturated rings. The third kappa shape index (κ3) is 3.86. The first kappa shape index (κ1) is 24.0. The summed E-state index contributed by atoms with van der Waals surface area (Å²) in [6.07, 6.45) is 1.79. The van der Waals surface area contributed by atoms with Crippen molar-refractivity contribution in [2.75, 3.05) is 18.8 Å². The number of carbonyl (C=O) groups is 1. The number of pyridine rings is 1. The molecule has 2 atom stereocenters. The fourth-order valence-electron chi connectivity index (χ4n) is 5.39. The molecule has 192 valence electrons. The minimum atomic E-state index is -0.383. The molecule has 2 aliphatic rings. The maximum Gasteiger partial charge on any atom is 0.339 e. The largest absolute Gasteiger partial charge is 0.465 e. The highest BCUT2D eigenvalue weighted by molar-refractivity contribution is 7.80. The zero-order chi connectivity index (χ0) is 26.4. The number of aryl methyl sites for hydroxylation is 1. The molecule has 0 bridgehead atoms. The lowest BCUT2D eigenvalue weighted by Gasteiger charge is -2.28. The lowest BCUT2D eigenvalue weighted by Crippen LogP contribution is -2.29. The molecule has 38 heavy (non-hydrogen) atoms. The van der Waals surface area contributed by atoms with Gasteiger partial charge in [0, 0.05) is 29.3 Å². The number of esters is 1. The van der Waals surface area contributed by atoms with Gasteiger partial charge in [-0.1, -0.05) is 18.2 Å². The molecule has 4 aromatic rings. The van der Waals surface area contributed by atoms with Crippen molar-refractivity contribution in [3.05, 3.63) is 101 Å². The number of fused-ring (bicyclic) bond motifs is 1. The summed E-state index contributed by atoms with van der Waals surface area (Å²) in [5.74, 6) is 1.01. The highest BCUT2D eigenvalue weighted by Gasteiger charge is 2.42. The summed E-state index contributed by atoms with van der Waals surface area (Å²) in [5.41, 5.74) is 6.05. The summed E-state index contributed by atoms with van der Waals surface area (Å²) in [4.78, 5) is 19.4. The molecule has 1 N–H and O–H groups in total. The van der Waals surface area contributed by atoms with Crippen molar-refractivity contribution in [2.45, 2.75) is 25.9 Å². The number of ether oxygens (including phenoxy) is 3. The van der Waals surface area contributed by atoms with E-state index in [4.69, 9.17) is 26.4 Å². The van der Waals surface area contributed by atoms with Crippen LogP contribution in [0.1, 0.15) is 45.1 Å². The van der Waals surface area contributed by atoms with E-state index in [1.807, 2.05) is 61.5 Å². The van der Waals surface area contributed by atoms with E-state index >= 15 is 0 Å². The summed E-state index contributed by atoms with van der Waals surface area (Å²) in [7, 11) is 1.39. The van der Waals surface area contributed by atoms with Crippen LogP contribution in [0.4, 0.5) is 5.69 Å². The SMILES string of the molecule is COC(=O)c1ccccc1-n1c(C)cc([C@@H]2[C@@H](c3ccccn3)NC(=S)N2c2ccc3c(c2)OCO3)c1C. The van der Waals surface area contributed by atoms with Gasteiger partial charge in [0.1, 0.15) is 0 Å². The van der Waals surface area contributed by atoms with E-state index in [0.29, 0.717) is 22.2 Å². The Labute approximate surface area is 225 Å². The molecule has 1 saturated heterocycles. The maximum absolute atomic E-state index is 12.6. The van der Waals surface area contributed by atoms with Crippen LogP contribution in [0.15, 0.2) is 72.9 Å². The van der Waals surface area contributed by atoms with Gasteiger partial charge in [-0.15, -0.1) is 0 Å². The van der Waals surface area contributed by atoms with Crippen molar-refractivity contribution in [1.82, 2.24) is 14.9 Å². The fourth-order valence-corrected chi connectivity index (χ4v) is 5.74. The van der Waals surface area contributed by atoms with Gasteiger partial charge < -0.3 is 29.0 Å². The predicted octanol–water partition coefficient (Wildman–Crippen LogP) is 5.18. The number of aromatic nitrogens is 2. The Morgan fingerprint density at radius 3 is 2.63 bits per heavy atom. The predicted molar refractivity (Wildman–Crippen MR) is 147 cm³/mol. The number of hydrogen-bond acceptors (Lipinski definition) is 6. The molecule has 4 heterocycles. The number of methoxy groups -OCH3 is 1. The second-order valence-electron chi connectivity index (χ2n) is 9.20. The molecule has 2 aliphatic heterocycles. The van der Waals surface area contributed by atoms with Crippen LogP contribution < -0.4 is 19.7 Å². The first-order valence-electron chi connectivity index (χ1n) is 12.2. The average Bonchev–Trinajstić information content (AvgIpc) is 3.63. The summed E-state index contributed by atoms with van der Waals surface area (Å²) >= 11 is 5.90. The zero-order valence-electron chi connectivity index (χ0n) is 21.2. The number of nitrogens with one attached hydrogen (secondary N) is 1. The second-order valence-corrected chi connectivity index (χ2v) is 9.59. The van der Waals surface area contributed by atoms with Crippen molar-refractivity contribution in [2.24, 2.45) is 0 Å². The number of carbonyl (C=O) groups excluding carboxylic acids is 1. The second kappa shape index (κ2) is 9.50. The number of para-hydroxylation sites is 1. The van der Waals surface area contributed by atoms with Crippen molar-refractivity contribution < 1.29 is 19.0 Å². The van der Waals surface area contributed by atoms with Gasteiger partial charge in [0.2, 0.25) is 6.79 Å². The molecule has 8 nitrogen and oxygen atoms in total. The molecule has 0 unspecified atom stereocenters. The monoisotopic (exact) mass is 526 g/mol. The number of nitrogens with zero attached hydrogens (tertiary/aromatic N) is 3. The summed E-state index contributed by atoms with van der Waals surface area (Å²) < 4.78 is 18.4. The molecular formula is C29H26N4O4S. The van der Waals surface area contributed by atoms with Gasteiger partial charge in [-0.2, -0.15) is 0 Å². The van der Waals surface area contributed by atoms with Crippen molar-refractivity contribution in [3.63, 3.8) is 0 Å². The molecule has 0 aliphatic carbocycles. The molecule has 0 radical (unpaired) electrons. The van der Waals surface area contributed by atoms with Crippen LogP contribution in [-0.2, 0) is 4.74 Å². The summed E-state index contributed by atoms with van der Waals surface area (Å²) in [6, 6.07) is 20.9. The van der Waals surface area contributed by atoms with Crippen LogP contribution >= 0.6 is 12.2 Å². The molecule has 0 amide bonds. The van der Waals surface area contributed by atoms with E-state index in [1.165, 1.54) is 7.11 Å². The Bertz CT molecular complexity index is 1550. The summed E-state index contributed by atoms with van der Waals surface area (Å²) in [5, 5.41) is 4.10. The van der Waals surface area contributed by atoms with Crippen molar-refractivity contribution >= 4 is 29.0 Å². The smallest absolute Gasteiger partial charge is 0.339 e. The van der Waals surface area contributed by atoms with E-state index in [9.17, 15) is 4.79 Å². The van der Waals surface area contributed by atoms with Crippen LogP contribution in [0.5, 0.6) is 11.5 Å². The number of benzene rings is 2. The number of anilines is 1. The molecule has 6 rings (SSSR count). The minimum Gasteiger partial charge on any atom is -0.465 e. The van der Waals surface area contributed by atoms with E-state index in [-0.39, 0.29) is 24.8 Å². The van der Waals surface area contributed by atoms with Crippen molar-refractivity contribution in [1.29, 1.82) is 0 Å². The molecule has 0 saturated carbocycles. The Balaban J connectivity index is 1.52. The Morgan fingerprint density at radius 2 is 1.84 bits per heavy atom. The third-order valence-corrected chi connectivity index (χ3v) is 7.39. The van der Waals surface area contributed by atoms with Crippen molar-refractivity contribution in [3.8, 4) is 17.2 Å². The molecular weight excluding hydrogens is 500 g/mol. The van der Waals surface area contributed by atoms with E-state index in [0.717, 1.165) is 34.0 Å². The van der Waals surface area contributed by atoms with Gasteiger partial charge in [0.25, 0.3) is 0 Å². The number of rotatable bonds is 5. The Morgan fingerprint density at radius 1 is 1.05 bits per heavy atom. The number of hydrogen-bond donors (Lipinski definition) is 1. The van der Waals surface area contributed by atoms with Crippen LogP contribution in [-0.4, -0.2) is 34.5 Å². The van der Waals surface area contributed by atoms with E-state index < -0.39 is 0 Å². The standard InChI is InChI=1S/C29H26N4O4S/c1-17-14-21(18(2)32(17)23-10-5-4-8-20(23)28(34)35-3)27-26(22-9-6-7-13-30-22)31-29(38)33(27)19-11-12-24-25(15-19)37-16-36-24/h4-15,26-27H,16H2,1-3H3,(H,31,38)/t26-,27-/m1/s1. The lowest BCUT2D eigenvalue weighted by atomic mass is 9.96. The average molecular weight is 527 g/mol. The summed E-state index contributed by atoms with van der Waals surface area (Å²) in [6.45, 7) is 4.29. The van der Waals surface area contributed by atoms with Crippen LogP contribution in [0.3, 0.4) is 0 Å². The zero-order valence-corrected chi connectivity index (χ0v) is 22.0. The van der Waals surface area contributed by atoms with Gasteiger partial charge in [0.15, 0.2) is 16.6 Å². The topological polar surface area (TPSA) is 77.9 Å². The van der Waals surface area contributed by atoms with Crippen LogP contribution in [0.25, 0.3) is 5.69 Å². The first-order chi connectivity index (χ1) is 18.5. The Hall–Kier alpha value is -4.37. The minimum absolute atomic E-state index is 0.197. The van der Waals surface area contributed by atoms with Gasteiger partial charge in [-0.3, -0.25) is 4.98 Å². The van der Waals surface area contributed by atoms with E-state index in [1.54, 1.807) is 12.3 Å². The fraction of sp³-hybridized carbons (Fsp3) is 0.207. The maximum atomic E-state index is 12.6. The molecule has 9 heteroatoms. The van der Waals surface area contributed by atoms with E-state index in [2.05, 4.69) is 32.8 Å². The Kier molecular flexibility index (Phi) is 6.00. The van der Waals surface area contributed by atoms with Gasteiger partial charge in [-0.05, 0) is 74.1 Å². The number of thiocarbonyl (C=S) groups is 1. The van der Waals surface area contributed by atoms with Gasteiger partial charge in [0.05, 0.1) is 36.1 Å². The van der Waals surface area contributed by atoms with Crippen LogP contribution in [0.2, 0.25) is 0 Å².